The fourth-order valence-corrected chi connectivity index (χ4v) is 2.38. The van der Waals surface area contributed by atoms with Crippen molar-refractivity contribution in [3.8, 4) is 0 Å². The summed E-state index contributed by atoms with van der Waals surface area (Å²) in [4.78, 5) is 21.9. The number of hydrogen-bond acceptors (Lipinski definition) is 6. The topological polar surface area (TPSA) is 93.4 Å². The highest BCUT2D eigenvalue weighted by Crippen LogP contribution is 2.24. The summed E-state index contributed by atoms with van der Waals surface area (Å²) in [5.41, 5.74) is 6.00. The molecule has 2 rings (SSSR count). The van der Waals surface area contributed by atoms with E-state index in [1.165, 1.54) is 4.90 Å². The van der Waals surface area contributed by atoms with Crippen molar-refractivity contribution in [2.24, 2.45) is 0 Å². The molecule has 0 fully saturated rings. The molecule has 0 aliphatic carbocycles. The lowest BCUT2D eigenvalue weighted by atomic mass is 10.2. The highest BCUT2D eigenvalue weighted by molar-refractivity contribution is 9.10. The number of halogens is 1. The lowest BCUT2D eigenvalue weighted by molar-refractivity contribution is 0.0305. The predicted octanol–water partition coefficient (Wildman–Crippen LogP) is 3.25. The van der Waals surface area contributed by atoms with Crippen LogP contribution >= 0.6 is 15.9 Å². The Kier molecular flexibility index (Phi) is 5.48. The van der Waals surface area contributed by atoms with Gasteiger partial charge in [-0.05, 0) is 39.0 Å². The van der Waals surface area contributed by atoms with Gasteiger partial charge in [-0.15, -0.1) is 0 Å². The fourth-order valence-electron chi connectivity index (χ4n) is 2.03. The number of carbonyl (C=O) groups excluding carboxylic acids is 1. The number of fused-ring (bicyclic) bond motifs is 1. The van der Waals surface area contributed by atoms with Crippen LogP contribution in [0.4, 0.5) is 16.6 Å². The number of amides is 1. The van der Waals surface area contributed by atoms with Gasteiger partial charge in [0.2, 0.25) is 5.95 Å². The third kappa shape index (κ3) is 4.95. The van der Waals surface area contributed by atoms with Crippen molar-refractivity contribution in [3.05, 3.63) is 22.7 Å². The van der Waals surface area contributed by atoms with Gasteiger partial charge in [0, 0.05) is 30.0 Å². The molecule has 0 saturated carbocycles. The average molecular weight is 396 g/mol. The zero-order valence-corrected chi connectivity index (χ0v) is 15.8. The van der Waals surface area contributed by atoms with Crippen molar-refractivity contribution >= 4 is 44.7 Å². The molecule has 0 radical (unpaired) electrons. The first kappa shape index (κ1) is 18.3. The van der Waals surface area contributed by atoms with Gasteiger partial charge in [-0.1, -0.05) is 15.9 Å². The van der Waals surface area contributed by atoms with E-state index in [0.29, 0.717) is 18.9 Å². The van der Waals surface area contributed by atoms with Crippen LogP contribution in [0.2, 0.25) is 0 Å². The molecule has 0 spiro atoms. The van der Waals surface area contributed by atoms with Crippen LogP contribution in [0.15, 0.2) is 22.7 Å². The molecular weight excluding hydrogens is 374 g/mol. The number of benzene rings is 1. The Morgan fingerprint density at radius 1 is 1.38 bits per heavy atom. The van der Waals surface area contributed by atoms with Crippen LogP contribution in [-0.4, -0.2) is 46.7 Å². The minimum Gasteiger partial charge on any atom is -0.444 e. The Labute approximate surface area is 149 Å². The first-order chi connectivity index (χ1) is 11.2. The van der Waals surface area contributed by atoms with Crippen molar-refractivity contribution < 1.29 is 9.53 Å². The number of nitrogens with two attached hydrogens (primary N) is 1. The molecule has 0 bridgehead atoms. The average Bonchev–Trinajstić information content (AvgIpc) is 2.44. The summed E-state index contributed by atoms with van der Waals surface area (Å²) in [7, 11) is 1.69. The maximum Gasteiger partial charge on any atom is 0.410 e. The quantitative estimate of drug-likeness (QED) is 0.824. The molecule has 130 valence electrons. The largest absolute Gasteiger partial charge is 0.444 e. The molecule has 0 saturated heterocycles. The summed E-state index contributed by atoms with van der Waals surface area (Å²) >= 11 is 3.41. The Balaban J connectivity index is 2.02. The van der Waals surface area contributed by atoms with Gasteiger partial charge < -0.3 is 20.7 Å². The van der Waals surface area contributed by atoms with Gasteiger partial charge in [0.15, 0.2) is 0 Å². The SMILES string of the molecule is CN(CCNc1nc(N)nc2cc(Br)ccc12)C(=O)OC(C)(C)C. The summed E-state index contributed by atoms with van der Waals surface area (Å²) in [5, 5.41) is 4.07. The molecule has 0 aliphatic rings. The molecule has 1 aromatic heterocycles. The second-order valence-corrected chi connectivity index (χ2v) is 7.34. The Morgan fingerprint density at radius 3 is 2.75 bits per heavy atom. The molecule has 1 amide bonds. The molecule has 7 nitrogen and oxygen atoms in total. The van der Waals surface area contributed by atoms with Crippen LogP contribution in [0.3, 0.4) is 0 Å². The van der Waals surface area contributed by atoms with E-state index in [1.54, 1.807) is 7.05 Å². The van der Waals surface area contributed by atoms with Crippen LogP contribution in [0.1, 0.15) is 20.8 Å². The normalized spacial score (nSPS) is 11.4. The monoisotopic (exact) mass is 395 g/mol. The lowest BCUT2D eigenvalue weighted by Crippen LogP contribution is -2.36. The standard InChI is InChI=1S/C16H22BrN5O2/c1-16(2,3)24-15(23)22(4)8-7-19-13-11-6-5-10(17)9-12(11)20-14(18)21-13/h5-6,9H,7-8H2,1-4H3,(H3,18,19,20,21). The van der Waals surface area contributed by atoms with Gasteiger partial charge in [-0.25, -0.2) is 9.78 Å². The van der Waals surface area contributed by atoms with Crippen molar-refractivity contribution in [2.45, 2.75) is 26.4 Å². The van der Waals surface area contributed by atoms with Crippen LogP contribution in [-0.2, 0) is 4.74 Å². The van der Waals surface area contributed by atoms with E-state index in [2.05, 4.69) is 31.2 Å². The number of anilines is 2. The fraction of sp³-hybridized carbons (Fsp3) is 0.438. The lowest BCUT2D eigenvalue weighted by Gasteiger charge is -2.24. The molecule has 1 aromatic carbocycles. The molecule has 3 N–H and O–H groups in total. The number of rotatable bonds is 4. The molecule has 0 unspecified atom stereocenters. The molecule has 0 aliphatic heterocycles. The summed E-state index contributed by atoms with van der Waals surface area (Å²) in [6.45, 7) is 6.50. The molecular formula is C16H22BrN5O2. The van der Waals surface area contributed by atoms with E-state index in [-0.39, 0.29) is 12.0 Å². The van der Waals surface area contributed by atoms with E-state index in [4.69, 9.17) is 10.5 Å². The Morgan fingerprint density at radius 2 is 2.08 bits per heavy atom. The molecule has 1 heterocycles. The smallest absolute Gasteiger partial charge is 0.410 e. The number of nitrogens with zero attached hydrogens (tertiary/aromatic N) is 3. The summed E-state index contributed by atoms with van der Waals surface area (Å²) in [5.74, 6) is 0.839. The van der Waals surface area contributed by atoms with Crippen LogP contribution in [0.25, 0.3) is 10.9 Å². The number of hydrogen-bond donors (Lipinski definition) is 2. The third-order valence-corrected chi connectivity index (χ3v) is 3.61. The highest BCUT2D eigenvalue weighted by Gasteiger charge is 2.19. The number of ether oxygens (including phenoxy) is 1. The van der Waals surface area contributed by atoms with Crippen LogP contribution in [0.5, 0.6) is 0 Å². The van der Waals surface area contributed by atoms with Gasteiger partial charge in [-0.2, -0.15) is 4.98 Å². The van der Waals surface area contributed by atoms with Gasteiger partial charge in [-0.3, -0.25) is 0 Å². The number of carbonyl (C=O) groups is 1. The minimum atomic E-state index is -0.510. The van der Waals surface area contributed by atoms with E-state index >= 15 is 0 Å². The van der Waals surface area contributed by atoms with Crippen molar-refractivity contribution in [1.29, 1.82) is 0 Å². The Hall–Kier alpha value is -2.09. The second-order valence-electron chi connectivity index (χ2n) is 6.42. The van der Waals surface area contributed by atoms with Crippen molar-refractivity contribution in [1.82, 2.24) is 14.9 Å². The van der Waals surface area contributed by atoms with Gasteiger partial charge in [0.1, 0.15) is 11.4 Å². The van der Waals surface area contributed by atoms with E-state index in [9.17, 15) is 4.79 Å². The zero-order valence-electron chi connectivity index (χ0n) is 14.3. The third-order valence-electron chi connectivity index (χ3n) is 3.12. The summed E-state index contributed by atoms with van der Waals surface area (Å²) < 4.78 is 6.23. The minimum absolute atomic E-state index is 0.198. The van der Waals surface area contributed by atoms with E-state index in [0.717, 1.165) is 15.4 Å². The predicted molar refractivity (Wildman–Crippen MR) is 99.0 cm³/mol. The van der Waals surface area contributed by atoms with Crippen molar-refractivity contribution in [2.75, 3.05) is 31.2 Å². The van der Waals surface area contributed by atoms with Crippen molar-refractivity contribution in [3.63, 3.8) is 0 Å². The molecule has 0 atom stereocenters. The summed E-state index contributed by atoms with van der Waals surface area (Å²) in [6.07, 6.45) is -0.361. The maximum atomic E-state index is 11.9. The van der Waals surface area contributed by atoms with Crippen LogP contribution < -0.4 is 11.1 Å². The van der Waals surface area contributed by atoms with E-state index < -0.39 is 5.60 Å². The first-order valence-electron chi connectivity index (χ1n) is 7.56. The van der Waals surface area contributed by atoms with Crippen LogP contribution in [0, 0.1) is 0 Å². The second kappa shape index (κ2) is 7.21. The zero-order chi connectivity index (χ0) is 17.9. The Bertz CT molecular complexity index is 740. The van der Waals surface area contributed by atoms with Gasteiger partial charge >= 0.3 is 6.09 Å². The summed E-state index contributed by atoms with van der Waals surface area (Å²) in [6, 6.07) is 5.71. The molecule has 24 heavy (non-hydrogen) atoms. The first-order valence-corrected chi connectivity index (χ1v) is 8.36. The number of nitrogens with one attached hydrogen (secondary N) is 1. The number of nitrogen functional groups attached to an aromatic ring is 1. The van der Waals surface area contributed by atoms with E-state index in [1.807, 2.05) is 39.0 Å². The molecule has 2 aromatic rings. The highest BCUT2D eigenvalue weighted by atomic mass is 79.9. The van der Waals surface area contributed by atoms with Gasteiger partial charge in [0.25, 0.3) is 0 Å². The maximum absolute atomic E-state index is 11.9. The number of likely N-dealkylation sites (N-methyl/N-ethyl adjacent to an activating group) is 1. The number of aromatic nitrogens is 2. The van der Waals surface area contributed by atoms with Gasteiger partial charge in [0.05, 0.1) is 5.52 Å². The molecule has 8 heteroatoms.